The van der Waals surface area contributed by atoms with Crippen molar-refractivity contribution in [2.45, 2.75) is 50.7 Å². The van der Waals surface area contributed by atoms with Crippen molar-refractivity contribution in [1.82, 2.24) is 19.7 Å². The van der Waals surface area contributed by atoms with Crippen LogP contribution in [-0.2, 0) is 0 Å². The molecule has 0 radical (unpaired) electrons. The van der Waals surface area contributed by atoms with Crippen LogP contribution < -0.4 is 0 Å². The van der Waals surface area contributed by atoms with Gasteiger partial charge in [-0.25, -0.2) is 0 Å². The van der Waals surface area contributed by atoms with E-state index in [1.165, 1.54) is 43.5 Å². The number of hydrogen-bond donors (Lipinski definition) is 0. The molecule has 0 spiro atoms. The summed E-state index contributed by atoms with van der Waals surface area (Å²) in [6.45, 7) is 5.41. The van der Waals surface area contributed by atoms with Crippen molar-refractivity contribution in [2.75, 3.05) is 19.3 Å². The van der Waals surface area contributed by atoms with Crippen molar-refractivity contribution in [3.05, 3.63) is 35.7 Å². The Morgan fingerprint density at radius 2 is 2.00 bits per heavy atom. The Hall–Kier alpha value is -1.33. The summed E-state index contributed by atoms with van der Waals surface area (Å²) in [6.07, 6.45) is 5.28. The second kappa shape index (κ2) is 7.49. The zero-order valence-corrected chi connectivity index (χ0v) is 15.1. The molecule has 1 aromatic heterocycles. The SMILES string of the molecule is Cc1ccccc1-n1c(C)nnc1SCCC1CCCCN1C. The summed E-state index contributed by atoms with van der Waals surface area (Å²) in [6, 6.07) is 9.16. The van der Waals surface area contributed by atoms with Gasteiger partial charge in [0.25, 0.3) is 0 Å². The predicted octanol–water partition coefficient (Wildman–Crippen LogP) is 3.85. The van der Waals surface area contributed by atoms with E-state index in [9.17, 15) is 0 Å². The van der Waals surface area contributed by atoms with Crippen molar-refractivity contribution in [2.24, 2.45) is 0 Å². The molecule has 1 aliphatic rings. The van der Waals surface area contributed by atoms with Crippen LogP contribution in [0, 0.1) is 13.8 Å². The lowest BCUT2D eigenvalue weighted by Crippen LogP contribution is -2.36. The number of hydrogen-bond acceptors (Lipinski definition) is 4. The third-order valence-electron chi connectivity index (χ3n) is 4.76. The number of aryl methyl sites for hydroxylation is 2. The summed E-state index contributed by atoms with van der Waals surface area (Å²) < 4.78 is 2.19. The molecule has 2 aromatic rings. The monoisotopic (exact) mass is 330 g/mol. The van der Waals surface area contributed by atoms with Gasteiger partial charge in [0.1, 0.15) is 5.82 Å². The molecule has 0 amide bonds. The maximum atomic E-state index is 4.40. The van der Waals surface area contributed by atoms with Crippen molar-refractivity contribution in [3.63, 3.8) is 0 Å². The summed E-state index contributed by atoms with van der Waals surface area (Å²) in [5.41, 5.74) is 2.44. The molecule has 2 heterocycles. The quantitative estimate of drug-likeness (QED) is 0.780. The number of piperidine rings is 1. The van der Waals surface area contributed by atoms with Gasteiger partial charge in [-0.05, 0) is 58.3 Å². The smallest absolute Gasteiger partial charge is 0.195 e. The van der Waals surface area contributed by atoms with E-state index in [1.54, 1.807) is 0 Å². The van der Waals surface area contributed by atoms with Crippen molar-refractivity contribution >= 4 is 11.8 Å². The number of para-hydroxylation sites is 1. The number of rotatable bonds is 5. The predicted molar refractivity (Wildman–Crippen MR) is 96.4 cm³/mol. The van der Waals surface area contributed by atoms with Crippen LogP contribution in [0.3, 0.4) is 0 Å². The lowest BCUT2D eigenvalue weighted by atomic mass is 10.0. The summed E-state index contributed by atoms with van der Waals surface area (Å²) in [5.74, 6) is 2.05. The fourth-order valence-electron chi connectivity index (χ4n) is 3.32. The highest BCUT2D eigenvalue weighted by atomic mass is 32.2. The Balaban J connectivity index is 1.68. The van der Waals surface area contributed by atoms with Gasteiger partial charge in [-0.2, -0.15) is 0 Å². The second-order valence-electron chi connectivity index (χ2n) is 6.42. The maximum Gasteiger partial charge on any atom is 0.195 e. The Morgan fingerprint density at radius 1 is 1.17 bits per heavy atom. The van der Waals surface area contributed by atoms with Gasteiger partial charge in [0.05, 0.1) is 5.69 Å². The average Bonchev–Trinajstić information content (AvgIpc) is 2.91. The average molecular weight is 331 g/mol. The molecule has 4 nitrogen and oxygen atoms in total. The largest absolute Gasteiger partial charge is 0.303 e. The Morgan fingerprint density at radius 3 is 2.78 bits per heavy atom. The molecule has 0 N–H and O–H groups in total. The molecule has 1 fully saturated rings. The van der Waals surface area contributed by atoms with Crippen molar-refractivity contribution in [1.29, 1.82) is 0 Å². The molecule has 1 unspecified atom stereocenters. The normalized spacial score (nSPS) is 19.2. The maximum absolute atomic E-state index is 4.40. The topological polar surface area (TPSA) is 34.0 Å². The van der Waals surface area contributed by atoms with Crippen molar-refractivity contribution < 1.29 is 0 Å². The van der Waals surface area contributed by atoms with Gasteiger partial charge < -0.3 is 4.90 Å². The van der Waals surface area contributed by atoms with Gasteiger partial charge in [-0.1, -0.05) is 36.4 Å². The number of likely N-dealkylation sites (tertiary alicyclic amines) is 1. The third-order valence-corrected chi connectivity index (χ3v) is 5.72. The summed E-state index contributed by atoms with van der Waals surface area (Å²) in [4.78, 5) is 2.52. The molecule has 1 atom stereocenters. The fourth-order valence-corrected chi connectivity index (χ4v) is 4.35. The molecule has 1 aromatic carbocycles. The zero-order chi connectivity index (χ0) is 16.2. The van der Waals surface area contributed by atoms with Crippen LogP contribution in [0.5, 0.6) is 0 Å². The second-order valence-corrected chi connectivity index (χ2v) is 7.48. The molecule has 0 saturated carbocycles. The highest BCUT2D eigenvalue weighted by Crippen LogP contribution is 2.26. The fraction of sp³-hybridized carbons (Fsp3) is 0.556. The van der Waals surface area contributed by atoms with E-state index in [4.69, 9.17) is 0 Å². The van der Waals surface area contributed by atoms with E-state index in [0.717, 1.165) is 22.8 Å². The number of nitrogens with zero attached hydrogens (tertiary/aromatic N) is 4. The minimum atomic E-state index is 0.729. The first kappa shape index (κ1) is 16.5. The van der Waals surface area contributed by atoms with Crippen LogP contribution in [0.2, 0.25) is 0 Å². The van der Waals surface area contributed by atoms with Crippen LogP contribution in [0.4, 0.5) is 0 Å². The van der Waals surface area contributed by atoms with Crippen LogP contribution in [0.1, 0.15) is 37.1 Å². The lowest BCUT2D eigenvalue weighted by Gasteiger charge is -2.32. The van der Waals surface area contributed by atoms with Crippen LogP contribution >= 0.6 is 11.8 Å². The Labute approximate surface area is 143 Å². The molecule has 5 heteroatoms. The van der Waals surface area contributed by atoms with Gasteiger partial charge in [-0.15, -0.1) is 10.2 Å². The van der Waals surface area contributed by atoms with E-state index in [2.05, 4.69) is 57.9 Å². The minimum absolute atomic E-state index is 0.729. The highest BCUT2D eigenvalue weighted by Gasteiger charge is 2.19. The molecule has 0 bridgehead atoms. The molecule has 1 aliphatic heterocycles. The number of aromatic nitrogens is 3. The Bertz CT molecular complexity index is 652. The standard InChI is InChI=1S/C18H26N4S/c1-14-8-4-5-10-17(14)22-15(2)19-20-18(22)23-13-11-16-9-6-7-12-21(16)3/h4-5,8,10,16H,6-7,9,11-13H2,1-3H3. The summed E-state index contributed by atoms with van der Waals surface area (Å²) in [7, 11) is 2.26. The molecule has 124 valence electrons. The van der Waals surface area contributed by atoms with Crippen LogP contribution in [-0.4, -0.2) is 45.1 Å². The number of benzene rings is 1. The van der Waals surface area contributed by atoms with Gasteiger partial charge in [0.2, 0.25) is 0 Å². The van der Waals surface area contributed by atoms with Gasteiger partial charge in [0.15, 0.2) is 5.16 Å². The number of thioether (sulfide) groups is 1. The molecule has 1 saturated heterocycles. The molecule has 3 rings (SSSR count). The van der Waals surface area contributed by atoms with E-state index < -0.39 is 0 Å². The zero-order valence-electron chi connectivity index (χ0n) is 14.3. The van der Waals surface area contributed by atoms with Gasteiger partial charge in [0, 0.05) is 11.8 Å². The molecule has 0 aliphatic carbocycles. The minimum Gasteiger partial charge on any atom is -0.303 e. The first-order valence-corrected chi connectivity index (χ1v) is 9.46. The molecular weight excluding hydrogens is 304 g/mol. The lowest BCUT2D eigenvalue weighted by molar-refractivity contribution is 0.182. The third kappa shape index (κ3) is 3.78. The Kier molecular flexibility index (Phi) is 5.38. The van der Waals surface area contributed by atoms with Crippen LogP contribution in [0.25, 0.3) is 5.69 Å². The van der Waals surface area contributed by atoms with Crippen molar-refractivity contribution in [3.8, 4) is 5.69 Å². The highest BCUT2D eigenvalue weighted by molar-refractivity contribution is 7.99. The molecular formula is C18H26N4S. The van der Waals surface area contributed by atoms with E-state index in [-0.39, 0.29) is 0 Å². The van der Waals surface area contributed by atoms with Crippen LogP contribution in [0.15, 0.2) is 29.4 Å². The summed E-state index contributed by atoms with van der Waals surface area (Å²) in [5, 5.41) is 9.70. The summed E-state index contributed by atoms with van der Waals surface area (Å²) >= 11 is 1.83. The van der Waals surface area contributed by atoms with E-state index >= 15 is 0 Å². The van der Waals surface area contributed by atoms with Gasteiger partial charge >= 0.3 is 0 Å². The first-order chi connectivity index (χ1) is 11.2. The molecule has 23 heavy (non-hydrogen) atoms. The first-order valence-electron chi connectivity index (χ1n) is 8.48. The van der Waals surface area contributed by atoms with E-state index in [1.807, 2.05) is 18.7 Å². The van der Waals surface area contributed by atoms with Gasteiger partial charge in [-0.3, -0.25) is 4.57 Å². The van der Waals surface area contributed by atoms with E-state index in [0.29, 0.717) is 0 Å².